The average molecular weight is 483 g/mol. The van der Waals surface area contributed by atoms with Crippen molar-refractivity contribution in [2.24, 2.45) is 0 Å². The Hall–Kier alpha value is -2.91. The number of ether oxygens (including phenoxy) is 1. The number of hydrogen-bond acceptors (Lipinski definition) is 7. The zero-order chi connectivity index (χ0) is 24.1. The molecule has 1 unspecified atom stereocenters. The van der Waals surface area contributed by atoms with Gasteiger partial charge >= 0.3 is 6.03 Å². The van der Waals surface area contributed by atoms with E-state index in [-0.39, 0.29) is 0 Å². The summed E-state index contributed by atoms with van der Waals surface area (Å²) in [7, 11) is 1.98. The highest BCUT2D eigenvalue weighted by molar-refractivity contribution is 8.15. The maximum absolute atomic E-state index is 12.8. The van der Waals surface area contributed by atoms with Gasteiger partial charge in [-0.05, 0) is 49.2 Å². The molecule has 1 aromatic heterocycles. The topological polar surface area (TPSA) is 83.0 Å². The molecular formula is C25H30N4O4S. The monoisotopic (exact) mass is 482 g/mol. The SMILES string of the molecule is CCc1ccc(CCOc2ccc(CC3SC(=O)N(C(=O)N4CCN(C)CC4)C3=O)cc2)nc1. The zero-order valence-corrected chi connectivity index (χ0v) is 20.4. The van der Waals surface area contributed by atoms with Crippen molar-refractivity contribution in [2.75, 3.05) is 39.8 Å². The van der Waals surface area contributed by atoms with Crippen LogP contribution in [0.15, 0.2) is 42.6 Å². The van der Waals surface area contributed by atoms with Crippen LogP contribution in [0.2, 0.25) is 0 Å². The lowest BCUT2D eigenvalue weighted by Crippen LogP contribution is -2.53. The molecule has 0 radical (unpaired) electrons. The second kappa shape index (κ2) is 11.0. The van der Waals surface area contributed by atoms with E-state index in [0.717, 1.165) is 59.6 Å². The second-order valence-electron chi connectivity index (χ2n) is 8.58. The van der Waals surface area contributed by atoms with Crippen molar-refractivity contribution in [3.8, 4) is 5.75 Å². The number of imide groups is 3. The molecule has 2 fully saturated rings. The number of urea groups is 1. The van der Waals surface area contributed by atoms with Crippen LogP contribution in [0.5, 0.6) is 5.75 Å². The Morgan fingerprint density at radius 1 is 1.06 bits per heavy atom. The standard InChI is InChI=1S/C25H30N4O4S/c1-3-18-4-7-20(26-17-18)10-15-33-21-8-5-19(6-9-21)16-22-23(30)29(25(32)34-22)24(31)28-13-11-27(2)12-14-28/h4-9,17,22H,3,10-16H2,1-2H3. The highest BCUT2D eigenvalue weighted by atomic mass is 32.2. The van der Waals surface area contributed by atoms with Crippen molar-refractivity contribution >= 4 is 28.9 Å². The summed E-state index contributed by atoms with van der Waals surface area (Å²) in [5.41, 5.74) is 3.12. The van der Waals surface area contributed by atoms with Crippen LogP contribution in [0.3, 0.4) is 0 Å². The van der Waals surface area contributed by atoms with Gasteiger partial charge in [0.15, 0.2) is 0 Å². The Bertz CT molecular complexity index is 1020. The number of hydrogen-bond donors (Lipinski definition) is 0. The fourth-order valence-corrected chi connectivity index (χ4v) is 4.92. The predicted molar refractivity (Wildman–Crippen MR) is 131 cm³/mol. The first-order valence-corrected chi connectivity index (χ1v) is 12.5. The van der Waals surface area contributed by atoms with Crippen molar-refractivity contribution in [2.45, 2.75) is 31.4 Å². The number of amides is 4. The quantitative estimate of drug-likeness (QED) is 0.599. The number of likely N-dealkylation sites (N-methyl/N-ethyl adjacent to an activating group) is 1. The molecule has 4 rings (SSSR count). The highest BCUT2D eigenvalue weighted by Gasteiger charge is 2.45. The van der Waals surface area contributed by atoms with Crippen LogP contribution in [0.1, 0.15) is 23.7 Å². The minimum absolute atomic E-state index is 0.385. The molecule has 2 aromatic rings. The first-order chi connectivity index (χ1) is 16.4. The van der Waals surface area contributed by atoms with E-state index in [1.54, 1.807) is 4.90 Å². The van der Waals surface area contributed by atoms with Crippen molar-refractivity contribution < 1.29 is 19.1 Å². The minimum atomic E-state index is -0.590. The normalized spacial score (nSPS) is 19.1. The predicted octanol–water partition coefficient (Wildman–Crippen LogP) is 3.24. The van der Waals surface area contributed by atoms with Crippen LogP contribution < -0.4 is 4.74 Å². The van der Waals surface area contributed by atoms with Gasteiger partial charge in [-0.3, -0.25) is 14.6 Å². The Balaban J connectivity index is 1.27. The molecular weight excluding hydrogens is 452 g/mol. The molecule has 2 aliphatic heterocycles. The van der Waals surface area contributed by atoms with E-state index in [1.807, 2.05) is 43.6 Å². The molecule has 0 N–H and O–H groups in total. The summed E-state index contributed by atoms with van der Waals surface area (Å²) in [5, 5.41) is -1.08. The Morgan fingerprint density at radius 3 is 2.41 bits per heavy atom. The third-order valence-corrected chi connectivity index (χ3v) is 7.19. The molecule has 1 aromatic carbocycles. The molecule has 0 saturated carbocycles. The van der Waals surface area contributed by atoms with E-state index in [9.17, 15) is 14.4 Å². The molecule has 9 heteroatoms. The van der Waals surface area contributed by atoms with Gasteiger partial charge in [-0.15, -0.1) is 0 Å². The van der Waals surface area contributed by atoms with Crippen molar-refractivity contribution in [1.29, 1.82) is 0 Å². The summed E-state index contributed by atoms with van der Waals surface area (Å²) in [4.78, 5) is 47.0. The number of piperazine rings is 1. The van der Waals surface area contributed by atoms with Gasteiger partial charge in [0, 0.05) is 44.5 Å². The fraction of sp³-hybridized carbons (Fsp3) is 0.440. The van der Waals surface area contributed by atoms with E-state index in [1.165, 1.54) is 5.56 Å². The van der Waals surface area contributed by atoms with Crippen molar-refractivity contribution in [1.82, 2.24) is 19.7 Å². The Kier molecular flexibility index (Phi) is 7.84. The van der Waals surface area contributed by atoms with Crippen LogP contribution in [0.25, 0.3) is 0 Å². The number of pyridine rings is 1. The fourth-order valence-electron chi connectivity index (χ4n) is 3.92. The van der Waals surface area contributed by atoms with Gasteiger partial charge in [0.25, 0.3) is 11.1 Å². The van der Waals surface area contributed by atoms with E-state index in [2.05, 4.69) is 22.9 Å². The molecule has 2 saturated heterocycles. The number of aryl methyl sites for hydroxylation is 1. The van der Waals surface area contributed by atoms with E-state index in [0.29, 0.717) is 26.1 Å². The Labute approximate surface area is 204 Å². The molecule has 34 heavy (non-hydrogen) atoms. The summed E-state index contributed by atoms with van der Waals surface area (Å²) in [5.74, 6) is 0.308. The summed E-state index contributed by atoms with van der Waals surface area (Å²) < 4.78 is 5.82. The van der Waals surface area contributed by atoms with Gasteiger partial charge in [0.2, 0.25) is 0 Å². The molecule has 4 amide bonds. The lowest BCUT2D eigenvalue weighted by atomic mass is 10.1. The van der Waals surface area contributed by atoms with E-state index < -0.39 is 22.4 Å². The Morgan fingerprint density at radius 2 is 1.76 bits per heavy atom. The average Bonchev–Trinajstić information content (AvgIpc) is 3.13. The molecule has 0 spiro atoms. The van der Waals surface area contributed by atoms with Gasteiger partial charge in [-0.25, -0.2) is 4.79 Å². The smallest absolute Gasteiger partial charge is 0.334 e. The highest BCUT2D eigenvalue weighted by Crippen LogP contribution is 2.31. The molecule has 0 aliphatic carbocycles. The summed E-state index contributed by atoms with van der Waals surface area (Å²) in [6.07, 6.45) is 3.98. The largest absolute Gasteiger partial charge is 0.493 e. The first-order valence-electron chi connectivity index (χ1n) is 11.6. The van der Waals surface area contributed by atoms with E-state index in [4.69, 9.17) is 4.74 Å². The number of aromatic nitrogens is 1. The zero-order valence-electron chi connectivity index (χ0n) is 19.6. The van der Waals surface area contributed by atoms with Gasteiger partial charge in [-0.1, -0.05) is 36.9 Å². The van der Waals surface area contributed by atoms with Gasteiger partial charge < -0.3 is 14.5 Å². The lowest BCUT2D eigenvalue weighted by Gasteiger charge is -2.33. The number of carbonyl (C=O) groups excluding carboxylic acids is 3. The van der Waals surface area contributed by atoms with Crippen molar-refractivity contribution in [3.63, 3.8) is 0 Å². The maximum atomic E-state index is 12.8. The third-order valence-electron chi connectivity index (χ3n) is 6.15. The lowest BCUT2D eigenvalue weighted by molar-refractivity contribution is -0.124. The number of nitrogens with zero attached hydrogens (tertiary/aromatic N) is 4. The van der Waals surface area contributed by atoms with Gasteiger partial charge in [0.1, 0.15) is 5.75 Å². The van der Waals surface area contributed by atoms with E-state index >= 15 is 0 Å². The van der Waals surface area contributed by atoms with Crippen LogP contribution >= 0.6 is 11.8 Å². The molecule has 180 valence electrons. The summed E-state index contributed by atoms with van der Waals surface area (Å²) >= 11 is 0.929. The molecule has 8 nitrogen and oxygen atoms in total. The second-order valence-corrected chi connectivity index (χ2v) is 9.73. The van der Waals surface area contributed by atoms with Gasteiger partial charge in [0.05, 0.1) is 11.9 Å². The van der Waals surface area contributed by atoms with Crippen LogP contribution in [-0.4, -0.2) is 81.9 Å². The maximum Gasteiger partial charge on any atom is 0.334 e. The van der Waals surface area contributed by atoms with Crippen LogP contribution in [0.4, 0.5) is 9.59 Å². The van der Waals surface area contributed by atoms with Gasteiger partial charge in [-0.2, -0.15) is 4.90 Å². The van der Waals surface area contributed by atoms with Crippen LogP contribution in [-0.2, 0) is 24.1 Å². The number of carbonyl (C=O) groups is 3. The number of thioether (sulfide) groups is 1. The molecule has 1 atom stereocenters. The van der Waals surface area contributed by atoms with Crippen molar-refractivity contribution in [3.05, 3.63) is 59.4 Å². The molecule has 0 bridgehead atoms. The summed E-state index contributed by atoms with van der Waals surface area (Å²) in [6.45, 7) is 5.12. The molecule has 2 aliphatic rings. The minimum Gasteiger partial charge on any atom is -0.493 e. The third kappa shape index (κ3) is 5.77. The van der Waals surface area contributed by atoms with Crippen LogP contribution in [0, 0.1) is 0 Å². The first kappa shape index (κ1) is 24.2. The number of benzene rings is 1. The molecule has 3 heterocycles. The number of rotatable bonds is 7. The summed E-state index contributed by atoms with van der Waals surface area (Å²) in [6, 6.07) is 11.1.